The minimum Gasteiger partial charge on any atom is -0.337 e. The Morgan fingerprint density at radius 3 is 2.74 bits per heavy atom. The number of imidazole rings is 1. The number of para-hydroxylation sites is 1. The van der Waals surface area contributed by atoms with E-state index in [4.69, 9.17) is 0 Å². The molecule has 38 heavy (non-hydrogen) atoms. The summed E-state index contributed by atoms with van der Waals surface area (Å²) in [6.45, 7) is 3.62. The number of halogens is 3. The Labute approximate surface area is 219 Å². The van der Waals surface area contributed by atoms with Gasteiger partial charge >= 0.3 is 6.18 Å². The minimum absolute atomic E-state index is 0.0815. The zero-order chi connectivity index (χ0) is 27.4. The number of amides is 2. The van der Waals surface area contributed by atoms with Crippen molar-refractivity contribution in [3.05, 3.63) is 65.5 Å². The Kier molecular flexibility index (Phi) is 8.15. The van der Waals surface area contributed by atoms with E-state index in [2.05, 4.69) is 15.3 Å². The molecule has 0 spiro atoms. The number of likely N-dealkylation sites (N-methyl/N-ethyl adjacent to an activating group) is 1. The van der Waals surface area contributed by atoms with Gasteiger partial charge in [0, 0.05) is 37.5 Å². The first kappa shape index (κ1) is 27.3. The molecule has 1 aliphatic heterocycles. The van der Waals surface area contributed by atoms with Crippen molar-refractivity contribution in [1.82, 2.24) is 24.3 Å². The van der Waals surface area contributed by atoms with Crippen molar-refractivity contribution in [3.8, 4) is 0 Å². The Bertz CT molecular complexity index is 1350. The van der Waals surface area contributed by atoms with Crippen molar-refractivity contribution >= 4 is 28.8 Å². The summed E-state index contributed by atoms with van der Waals surface area (Å²) in [6, 6.07) is 7.39. The summed E-state index contributed by atoms with van der Waals surface area (Å²) in [5, 5.41) is 2.73. The number of benzene rings is 1. The Hall–Kier alpha value is -3.73. The summed E-state index contributed by atoms with van der Waals surface area (Å²) in [4.78, 5) is 37.8. The number of nitrogens with one attached hydrogen (secondary N) is 1. The number of rotatable bonds is 6. The van der Waals surface area contributed by atoms with E-state index in [1.165, 1.54) is 6.07 Å². The molecule has 11 heteroatoms. The number of pyridine rings is 1. The van der Waals surface area contributed by atoms with E-state index in [0.29, 0.717) is 25.2 Å². The molecule has 1 unspecified atom stereocenters. The zero-order valence-electron chi connectivity index (χ0n) is 21.6. The van der Waals surface area contributed by atoms with Gasteiger partial charge in [-0.05, 0) is 64.0 Å². The SMILES string of the molecule is Cc1cccc2nc(NC(=O)c3ccnc(C(F)(F)F)c3)n(C3CCCCN(C(=O)C=CCN(C)C)C3)c12. The summed E-state index contributed by atoms with van der Waals surface area (Å²) >= 11 is 0. The van der Waals surface area contributed by atoms with Gasteiger partial charge in [-0.3, -0.25) is 19.9 Å². The molecule has 1 atom stereocenters. The molecule has 0 radical (unpaired) electrons. The highest BCUT2D eigenvalue weighted by molar-refractivity contribution is 6.04. The van der Waals surface area contributed by atoms with Crippen molar-refractivity contribution in [2.75, 3.05) is 39.0 Å². The third-order valence-electron chi connectivity index (χ3n) is 6.50. The molecule has 0 aliphatic carbocycles. The predicted molar refractivity (Wildman–Crippen MR) is 139 cm³/mol. The lowest BCUT2D eigenvalue weighted by Crippen LogP contribution is -2.35. The van der Waals surface area contributed by atoms with Crippen molar-refractivity contribution in [3.63, 3.8) is 0 Å². The van der Waals surface area contributed by atoms with Gasteiger partial charge in [-0.1, -0.05) is 18.2 Å². The van der Waals surface area contributed by atoms with Crippen LogP contribution in [0.5, 0.6) is 0 Å². The van der Waals surface area contributed by atoms with Crippen LogP contribution in [0.3, 0.4) is 0 Å². The topological polar surface area (TPSA) is 83.4 Å². The number of aromatic nitrogens is 3. The van der Waals surface area contributed by atoms with Gasteiger partial charge in [0.05, 0.1) is 17.1 Å². The second kappa shape index (κ2) is 11.3. The maximum absolute atomic E-state index is 13.2. The maximum atomic E-state index is 13.2. The minimum atomic E-state index is -4.67. The van der Waals surface area contributed by atoms with Gasteiger partial charge < -0.3 is 14.4 Å². The molecule has 202 valence electrons. The van der Waals surface area contributed by atoms with E-state index in [1.807, 2.05) is 54.8 Å². The standard InChI is InChI=1S/C27H31F3N6O2/c1-18-8-6-10-21-24(18)36(20-9-4-5-15-35(17-20)23(37)11-7-14-34(2)3)26(32-21)33-25(38)19-12-13-31-22(16-19)27(28,29)30/h6-8,10-13,16,20H,4-5,9,14-15,17H2,1-3H3,(H,32,33,38). The largest absolute Gasteiger partial charge is 0.433 e. The van der Waals surface area contributed by atoms with Crippen LogP contribution in [-0.2, 0) is 11.0 Å². The highest BCUT2D eigenvalue weighted by atomic mass is 19.4. The highest BCUT2D eigenvalue weighted by Crippen LogP contribution is 2.32. The summed E-state index contributed by atoms with van der Waals surface area (Å²) in [7, 11) is 3.85. The number of nitrogens with zero attached hydrogens (tertiary/aromatic N) is 5. The van der Waals surface area contributed by atoms with Crippen LogP contribution in [-0.4, -0.2) is 69.9 Å². The van der Waals surface area contributed by atoms with E-state index in [9.17, 15) is 22.8 Å². The number of fused-ring (bicyclic) bond motifs is 1. The van der Waals surface area contributed by atoms with Crippen LogP contribution in [0.2, 0.25) is 0 Å². The number of hydrogen-bond donors (Lipinski definition) is 1. The van der Waals surface area contributed by atoms with E-state index in [0.717, 1.165) is 42.6 Å². The summed E-state index contributed by atoms with van der Waals surface area (Å²) < 4.78 is 41.4. The van der Waals surface area contributed by atoms with Crippen LogP contribution >= 0.6 is 0 Å². The summed E-state index contributed by atoms with van der Waals surface area (Å²) in [5.41, 5.74) is 1.09. The number of carbonyl (C=O) groups excluding carboxylic acids is 2. The number of aryl methyl sites for hydroxylation is 1. The lowest BCUT2D eigenvalue weighted by atomic mass is 10.1. The first-order valence-electron chi connectivity index (χ1n) is 12.5. The second-order valence-electron chi connectivity index (χ2n) is 9.73. The number of alkyl halides is 3. The molecule has 1 saturated heterocycles. The lowest BCUT2D eigenvalue weighted by Gasteiger charge is -2.26. The first-order valence-corrected chi connectivity index (χ1v) is 12.5. The molecule has 3 aromatic rings. The average molecular weight is 529 g/mol. The molecule has 1 fully saturated rings. The van der Waals surface area contributed by atoms with Gasteiger partial charge in [0.1, 0.15) is 5.69 Å². The number of carbonyl (C=O) groups is 2. The van der Waals surface area contributed by atoms with Gasteiger partial charge in [0.15, 0.2) is 0 Å². The fourth-order valence-corrected chi connectivity index (χ4v) is 4.67. The maximum Gasteiger partial charge on any atom is 0.433 e. The molecule has 8 nitrogen and oxygen atoms in total. The third kappa shape index (κ3) is 6.21. The number of likely N-dealkylation sites (tertiary alicyclic amines) is 1. The molecular formula is C27H31F3N6O2. The van der Waals surface area contributed by atoms with Crippen molar-refractivity contribution < 1.29 is 22.8 Å². The molecule has 1 aliphatic rings. The molecule has 2 aromatic heterocycles. The Morgan fingerprint density at radius 2 is 2.00 bits per heavy atom. The van der Waals surface area contributed by atoms with E-state index in [1.54, 1.807) is 11.0 Å². The van der Waals surface area contributed by atoms with Crippen molar-refractivity contribution in [2.45, 2.75) is 38.4 Å². The fraction of sp³-hybridized carbons (Fsp3) is 0.407. The zero-order valence-corrected chi connectivity index (χ0v) is 21.6. The fourth-order valence-electron chi connectivity index (χ4n) is 4.67. The smallest absolute Gasteiger partial charge is 0.337 e. The molecular weight excluding hydrogens is 497 g/mol. The normalized spacial score (nSPS) is 16.8. The lowest BCUT2D eigenvalue weighted by molar-refractivity contribution is -0.141. The number of anilines is 1. The van der Waals surface area contributed by atoms with Crippen molar-refractivity contribution in [1.29, 1.82) is 0 Å². The van der Waals surface area contributed by atoms with Crippen LogP contribution in [0.4, 0.5) is 19.1 Å². The van der Waals surface area contributed by atoms with Gasteiger partial charge in [-0.25, -0.2) is 4.98 Å². The van der Waals surface area contributed by atoms with Crippen LogP contribution in [0.15, 0.2) is 48.7 Å². The number of hydrogen-bond acceptors (Lipinski definition) is 5. The van der Waals surface area contributed by atoms with Crippen LogP contribution in [0.25, 0.3) is 11.0 Å². The Morgan fingerprint density at radius 1 is 1.21 bits per heavy atom. The average Bonchev–Trinajstić information content (AvgIpc) is 3.05. The molecule has 1 N–H and O–H groups in total. The summed E-state index contributed by atoms with van der Waals surface area (Å²) in [6.07, 6.45) is 2.17. The van der Waals surface area contributed by atoms with Gasteiger partial charge in [0.25, 0.3) is 5.91 Å². The molecule has 0 bridgehead atoms. The van der Waals surface area contributed by atoms with E-state index < -0.39 is 17.8 Å². The monoisotopic (exact) mass is 528 g/mol. The summed E-state index contributed by atoms with van der Waals surface area (Å²) in [5.74, 6) is -0.575. The first-order chi connectivity index (χ1) is 18.0. The van der Waals surface area contributed by atoms with Crippen LogP contribution in [0, 0.1) is 6.92 Å². The molecule has 1 aromatic carbocycles. The van der Waals surface area contributed by atoms with Crippen LogP contribution in [0.1, 0.15) is 46.9 Å². The van der Waals surface area contributed by atoms with Crippen LogP contribution < -0.4 is 5.32 Å². The van der Waals surface area contributed by atoms with Crippen molar-refractivity contribution in [2.24, 2.45) is 0 Å². The highest BCUT2D eigenvalue weighted by Gasteiger charge is 2.33. The molecule has 2 amide bonds. The van der Waals surface area contributed by atoms with E-state index >= 15 is 0 Å². The van der Waals surface area contributed by atoms with Gasteiger partial charge in [-0.15, -0.1) is 0 Å². The second-order valence-corrected chi connectivity index (χ2v) is 9.73. The predicted octanol–water partition coefficient (Wildman–Crippen LogP) is 4.68. The molecule has 4 rings (SSSR count). The quantitative estimate of drug-likeness (QED) is 0.470. The van der Waals surface area contributed by atoms with E-state index in [-0.39, 0.29) is 23.5 Å². The molecule has 3 heterocycles. The van der Waals surface area contributed by atoms with Gasteiger partial charge in [-0.2, -0.15) is 13.2 Å². The molecule has 0 saturated carbocycles. The van der Waals surface area contributed by atoms with Gasteiger partial charge in [0.2, 0.25) is 11.9 Å². The Balaban J connectivity index is 1.68. The third-order valence-corrected chi connectivity index (χ3v) is 6.50.